The molecule has 1 aliphatic heterocycles. The lowest BCUT2D eigenvalue weighted by Crippen LogP contribution is -2.45. The Morgan fingerprint density at radius 1 is 1.13 bits per heavy atom. The Hall–Kier alpha value is -2.82. The van der Waals surface area contributed by atoms with Gasteiger partial charge < -0.3 is 14.5 Å². The highest BCUT2D eigenvalue weighted by molar-refractivity contribution is 5.83. The van der Waals surface area contributed by atoms with Gasteiger partial charge in [-0.1, -0.05) is 57.2 Å². The minimum Gasteiger partial charge on any atom is -0.484 e. The first-order valence-corrected chi connectivity index (χ1v) is 11.0. The van der Waals surface area contributed by atoms with Gasteiger partial charge in [0.1, 0.15) is 5.75 Å². The third-order valence-electron chi connectivity index (χ3n) is 5.89. The third kappa shape index (κ3) is 5.09. The van der Waals surface area contributed by atoms with Crippen molar-refractivity contribution in [2.24, 2.45) is 5.41 Å². The van der Waals surface area contributed by atoms with E-state index in [1.165, 1.54) is 5.56 Å². The molecule has 0 N–H and O–H groups in total. The van der Waals surface area contributed by atoms with Crippen molar-refractivity contribution in [1.29, 1.82) is 0 Å². The van der Waals surface area contributed by atoms with Crippen molar-refractivity contribution < 1.29 is 14.3 Å². The predicted octanol–water partition coefficient (Wildman–Crippen LogP) is 4.45. The van der Waals surface area contributed by atoms with E-state index in [-0.39, 0.29) is 30.5 Å². The molecule has 1 aliphatic rings. The molecule has 2 aromatic carbocycles. The van der Waals surface area contributed by atoms with Crippen LogP contribution in [0.2, 0.25) is 0 Å². The Bertz CT molecular complexity index is 931. The zero-order valence-corrected chi connectivity index (χ0v) is 19.5. The number of carbonyl (C=O) groups is 2. The molecule has 2 amide bonds. The maximum atomic E-state index is 13.3. The first-order chi connectivity index (χ1) is 14.6. The molecule has 1 heterocycles. The molecule has 5 nitrogen and oxygen atoms in total. The van der Waals surface area contributed by atoms with Crippen LogP contribution in [0, 0.1) is 5.41 Å². The quantitative estimate of drug-likeness (QED) is 0.715. The van der Waals surface area contributed by atoms with Gasteiger partial charge in [-0.05, 0) is 49.1 Å². The van der Waals surface area contributed by atoms with Crippen LogP contribution >= 0.6 is 0 Å². The molecule has 0 fully saturated rings. The number of hydrogen-bond acceptors (Lipinski definition) is 3. The van der Waals surface area contributed by atoms with Gasteiger partial charge in [0.25, 0.3) is 5.91 Å². The van der Waals surface area contributed by atoms with Gasteiger partial charge >= 0.3 is 0 Å². The number of benzene rings is 2. The largest absolute Gasteiger partial charge is 0.484 e. The van der Waals surface area contributed by atoms with E-state index in [1.807, 2.05) is 69.9 Å². The summed E-state index contributed by atoms with van der Waals surface area (Å²) in [5.41, 5.74) is 2.89. The van der Waals surface area contributed by atoms with Crippen LogP contribution in [0.3, 0.4) is 0 Å². The summed E-state index contributed by atoms with van der Waals surface area (Å²) in [6, 6.07) is 16.1. The molecule has 166 valence electrons. The smallest absolute Gasteiger partial charge is 0.260 e. The van der Waals surface area contributed by atoms with E-state index in [1.54, 1.807) is 11.9 Å². The number of fused-ring (bicyclic) bond motifs is 1. The molecule has 5 heteroatoms. The van der Waals surface area contributed by atoms with Gasteiger partial charge in [-0.25, -0.2) is 0 Å². The maximum absolute atomic E-state index is 13.3. The maximum Gasteiger partial charge on any atom is 0.260 e. The van der Waals surface area contributed by atoms with E-state index < -0.39 is 5.41 Å². The highest BCUT2D eigenvalue weighted by Gasteiger charge is 2.37. The number of ether oxygens (including phenoxy) is 1. The Kier molecular flexibility index (Phi) is 6.73. The zero-order valence-electron chi connectivity index (χ0n) is 19.5. The fourth-order valence-corrected chi connectivity index (χ4v) is 3.86. The van der Waals surface area contributed by atoms with Crippen LogP contribution < -0.4 is 4.74 Å². The Labute approximate surface area is 186 Å². The van der Waals surface area contributed by atoms with Gasteiger partial charge in [0, 0.05) is 25.0 Å². The molecule has 0 saturated carbocycles. The van der Waals surface area contributed by atoms with Crippen LogP contribution in [-0.4, -0.2) is 47.9 Å². The number of rotatable bonds is 5. The SMILES string of the molecule is CC(C)N(C)C(=O)COc1ccc2c(c1)C(c1ccccc1)N(C(=O)C(C)(C)C)CC2. The standard InChI is InChI=1S/C26H34N2O3/c1-18(2)27(6)23(29)17-31-21-13-12-19-14-15-28(25(30)26(3,4)5)24(22(19)16-21)20-10-8-7-9-11-20/h7-13,16,18,24H,14-15,17H2,1-6H3. The average molecular weight is 423 g/mol. The van der Waals surface area contributed by atoms with Crippen molar-refractivity contribution in [2.45, 2.75) is 53.1 Å². The van der Waals surface area contributed by atoms with Crippen LogP contribution in [0.5, 0.6) is 5.75 Å². The molecule has 31 heavy (non-hydrogen) atoms. The van der Waals surface area contributed by atoms with Gasteiger partial charge in [0.15, 0.2) is 6.61 Å². The van der Waals surface area contributed by atoms with Gasteiger partial charge in [-0.2, -0.15) is 0 Å². The van der Waals surface area contributed by atoms with Crippen LogP contribution in [0.25, 0.3) is 0 Å². The van der Waals surface area contributed by atoms with Crippen molar-refractivity contribution in [1.82, 2.24) is 9.80 Å². The molecule has 1 unspecified atom stereocenters. The molecule has 3 rings (SSSR count). The summed E-state index contributed by atoms with van der Waals surface area (Å²) in [7, 11) is 1.78. The summed E-state index contributed by atoms with van der Waals surface area (Å²) in [5, 5.41) is 0. The first-order valence-electron chi connectivity index (χ1n) is 11.0. The molecule has 0 spiro atoms. The van der Waals surface area contributed by atoms with Crippen LogP contribution in [0.15, 0.2) is 48.5 Å². The second kappa shape index (κ2) is 9.13. The van der Waals surface area contributed by atoms with Crippen molar-refractivity contribution >= 4 is 11.8 Å². The van der Waals surface area contributed by atoms with Gasteiger partial charge in [-0.3, -0.25) is 9.59 Å². The van der Waals surface area contributed by atoms with Crippen molar-refractivity contribution in [3.8, 4) is 5.75 Å². The van der Waals surface area contributed by atoms with E-state index in [0.717, 1.165) is 17.5 Å². The fourth-order valence-electron chi connectivity index (χ4n) is 3.86. The number of carbonyl (C=O) groups excluding carboxylic acids is 2. The molecule has 0 aliphatic carbocycles. The van der Waals surface area contributed by atoms with Gasteiger partial charge in [0.05, 0.1) is 6.04 Å². The zero-order chi connectivity index (χ0) is 22.8. The minimum atomic E-state index is -0.466. The average Bonchev–Trinajstić information content (AvgIpc) is 2.75. The van der Waals surface area contributed by atoms with Gasteiger partial charge in [0.2, 0.25) is 5.91 Å². The number of hydrogen-bond donors (Lipinski definition) is 0. The first kappa shape index (κ1) is 22.9. The second-order valence-electron chi connectivity index (χ2n) is 9.56. The fraction of sp³-hybridized carbons (Fsp3) is 0.462. The highest BCUT2D eigenvalue weighted by atomic mass is 16.5. The summed E-state index contributed by atoms with van der Waals surface area (Å²) in [4.78, 5) is 29.3. The molecule has 2 aromatic rings. The van der Waals surface area contributed by atoms with E-state index in [4.69, 9.17) is 4.74 Å². The van der Waals surface area contributed by atoms with Crippen molar-refractivity contribution in [3.05, 3.63) is 65.2 Å². The van der Waals surface area contributed by atoms with Crippen molar-refractivity contribution in [3.63, 3.8) is 0 Å². The lowest BCUT2D eigenvalue weighted by molar-refractivity contribution is -0.141. The van der Waals surface area contributed by atoms with Crippen LogP contribution in [0.4, 0.5) is 0 Å². The monoisotopic (exact) mass is 422 g/mol. The summed E-state index contributed by atoms with van der Waals surface area (Å²) in [5.74, 6) is 0.721. The summed E-state index contributed by atoms with van der Waals surface area (Å²) in [6.07, 6.45) is 0.801. The molecule has 1 atom stereocenters. The lowest BCUT2D eigenvalue weighted by atomic mass is 9.85. The van der Waals surface area contributed by atoms with E-state index in [2.05, 4.69) is 18.2 Å². The predicted molar refractivity (Wildman–Crippen MR) is 123 cm³/mol. The number of amides is 2. The van der Waals surface area contributed by atoms with Crippen LogP contribution in [-0.2, 0) is 16.0 Å². The summed E-state index contributed by atoms with van der Waals surface area (Å²) in [6.45, 7) is 10.5. The Morgan fingerprint density at radius 2 is 1.81 bits per heavy atom. The Balaban J connectivity index is 1.94. The molecule has 0 bridgehead atoms. The Morgan fingerprint density at radius 3 is 2.42 bits per heavy atom. The molecule has 0 saturated heterocycles. The topological polar surface area (TPSA) is 49.9 Å². The molecular weight excluding hydrogens is 388 g/mol. The summed E-state index contributed by atoms with van der Waals surface area (Å²) < 4.78 is 5.86. The van der Waals surface area contributed by atoms with E-state index in [9.17, 15) is 9.59 Å². The van der Waals surface area contributed by atoms with E-state index in [0.29, 0.717) is 12.3 Å². The van der Waals surface area contributed by atoms with Crippen LogP contribution in [0.1, 0.15) is 57.4 Å². The van der Waals surface area contributed by atoms with Gasteiger partial charge in [-0.15, -0.1) is 0 Å². The van der Waals surface area contributed by atoms with Crippen molar-refractivity contribution in [2.75, 3.05) is 20.2 Å². The molecule has 0 radical (unpaired) electrons. The minimum absolute atomic E-state index is 0.00585. The highest BCUT2D eigenvalue weighted by Crippen LogP contribution is 2.39. The normalized spacial score (nSPS) is 16.1. The third-order valence-corrected chi connectivity index (χ3v) is 5.89. The number of nitrogens with zero attached hydrogens (tertiary/aromatic N) is 2. The van der Waals surface area contributed by atoms with E-state index >= 15 is 0 Å². The number of likely N-dealkylation sites (N-methyl/N-ethyl adjacent to an activating group) is 1. The summed E-state index contributed by atoms with van der Waals surface area (Å²) >= 11 is 0. The lowest BCUT2D eigenvalue weighted by Gasteiger charge is -2.41. The molecular formula is C26H34N2O3. The second-order valence-corrected chi connectivity index (χ2v) is 9.56. The molecule has 0 aromatic heterocycles.